The number of hydrogen-bond acceptors (Lipinski definition) is 4. The topological polar surface area (TPSA) is 85.0 Å². The monoisotopic (exact) mass is 565 g/mol. The molecule has 3 aromatic rings. The van der Waals surface area contributed by atoms with E-state index in [1.54, 1.807) is 10.6 Å². The van der Waals surface area contributed by atoms with Crippen molar-refractivity contribution in [3.8, 4) is 11.3 Å². The third kappa shape index (κ3) is 5.87. The molecule has 1 aromatic carbocycles. The highest BCUT2D eigenvalue weighted by atomic mass is 35.5. The summed E-state index contributed by atoms with van der Waals surface area (Å²) < 4.78 is 59.7. The number of nitrogen functional groups attached to an aromatic ring is 1. The minimum absolute atomic E-state index is 0.0128. The number of anilines is 1. The predicted octanol–water partition coefficient (Wildman–Crippen LogP) is 6.56. The van der Waals surface area contributed by atoms with Crippen LogP contribution in [0.2, 0.25) is 5.02 Å². The second kappa shape index (κ2) is 10.6. The number of amides is 1. The number of fused-ring (bicyclic) bond motifs is 1. The highest BCUT2D eigenvalue weighted by Crippen LogP contribution is 2.49. The zero-order valence-corrected chi connectivity index (χ0v) is 22.6. The number of nitrogens with two attached hydrogens (primary N) is 1. The minimum Gasteiger partial charge on any atom is -0.399 e. The number of rotatable bonds is 5. The average molecular weight is 566 g/mol. The molecule has 2 saturated carbocycles. The van der Waals surface area contributed by atoms with Gasteiger partial charge in [0.15, 0.2) is 5.82 Å². The van der Waals surface area contributed by atoms with Crippen LogP contribution in [-0.2, 0) is 17.5 Å². The van der Waals surface area contributed by atoms with Crippen LogP contribution in [0.5, 0.6) is 0 Å². The number of nitrogens with one attached hydrogen (secondary N) is 2. The molecule has 1 saturated heterocycles. The van der Waals surface area contributed by atoms with Crippen LogP contribution >= 0.6 is 11.6 Å². The lowest BCUT2D eigenvalue weighted by atomic mass is 10.00. The standard InChI is InChI=1S/C23H21ClF4N4O.C5H11N/c1-10(33)30-9-14-8-16-20(11-2-3-11)31-21(19(25)22(16)32(14)13-4-5-13)15-6-12(29)7-17(24)18(15)23(26,27)28;1-5-2-3-6-4-5/h6-8,11,13H,2-5,9,29H2,1H3,(H,30,33);5-6H,2-4H2,1H3. The minimum atomic E-state index is -4.82. The molecule has 4 N–H and O–H groups in total. The quantitative estimate of drug-likeness (QED) is 0.242. The number of alkyl halides is 3. The molecule has 1 amide bonds. The average Bonchev–Trinajstić information content (AvgIpc) is 3.77. The summed E-state index contributed by atoms with van der Waals surface area (Å²) >= 11 is 5.93. The maximum atomic E-state index is 16.1. The number of nitrogens with zero attached hydrogens (tertiary/aromatic N) is 2. The molecule has 3 aliphatic rings. The molecule has 2 aliphatic carbocycles. The molecule has 0 spiro atoms. The fourth-order valence-corrected chi connectivity index (χ4v) is 5.52. The van der Waals surface area contributed by atoms with Crippen molar-refractivity contribution in [2.24, 2.45) is 5.92 Å². The Labute approximate surface area is 229 Å². The zero-order valence-electron chi connectivity index (χ0n) is 21.9. The van der Waals surface area contributed by atoms with E-state index in [1.165, 1.54) is 26.4 Å². The predicted molar refractivity (Wildman–Crippen MR) is 144 cm³/mol. The number of aromatic nitrogens is 2. The maximum Gasteiger partial charge on any atom is 0.418 e. The lowest BCUT2D eigenvalue weighted by Gasteiger charge is -2.18. The molecular formula is C28H32ClF4N5O. The fourth-order valence-electron chi connectivity index (χ4n) is 5.19. The van der Waals surface area contributed by atoms with E-state index in [-0.39, 0.29) is 35.6 Å². The third-order valence-corrected chi connectivity index (χ3v) is 7.69. The zero-order chi connectivity index (χ0) is 28.1. The van der Waals surface area contributed by atoms with Gasteiger partial charge in [-0.05, 0) is 69.3 Å². The van der Waals surface area contributed by atoms with Crippen LogP contribution in [0.4, 0.5) is 23.2 Å². The molecule has 11 heteroatoms. The van der Waals surface area contributed by atoms with Gasteiger partial charge in [-0.1, -0.05) is 18.5 Å². The molecule has 39 heavy (non-hydrogen) atoms. The van der Waals surface area contributed by atoms with Gasteiger partial charge in [0.2, 0.25) is 5.91 Å². The Morgan fingerprint density at radius 2 is 1.92 bits per heavy atom. The number of pyridine rings is 1. The van der Waals surface area contributed by atoms with Crippen LogP contribution in [0, 0.1) is 11.7 Å². The van der Waals surface area contributed by atoms with Crippen molar-refractivity contribution in [2.45, 2.75) is 70.6 Å². The van der Waals surface area contributed by atoms with Gasteiger partial charge in [0.1, 0.15) is 5.69 Å². The van der Waals surface area contributed by atoms with Gasteiger partial charge in [-0.2, -0.15) is 13.2 Å². The largest absolute Gasteiger partial charge is 0.418 e. The first-order valence-corrected chi connectivity index (χ1v) is 13.7. The second-order valence-electron chi connectivity index (χ2n) is 10.9. The van der Waals surface area contributed by atoms with E-state index in [2.05, 4.69) is 22.5 Å². The third-order valence-electron chi connectivity index (χ3n) is 7.39. The van der Waals surface area contributed by atoms with Gasteiger partial charge in [-0.25, -0.2) is 9.37 Å². The number of halogens is 5. The SMILES string of the molecule is CC(=O)NCc1cc2c(C3CC3)nc(-c3cc(N)cc(Cl)c3C(F)(F)F)c(F)c2n1C1CC1.CC1CCNC1. The van der Waals surface area contributed by atoms with E-state index in [9.17, 15) is 18.0 Å². The summed E-state index contributed by atoms with van der Waals surface area (Å²) in [5, 5.41) is 5.98. The van der Waals surface area contributed by atoms with E-state index >= 15 is 4.39 Å². The van der Waals surface area contributed by atoms with Gasteiger partial charge in [0, 0.05) is 41.2 Å². The molecule has 0 bridgehead atoms. The molecule has 1 atom stereocenters. The normalized spacial score (nSPS) is 19.2. The summed E-state index contributed by atoms with van der Waals surface area (Å²) in [6.07, 6.45) is -0.146. The van der Waals surface area contributed by atoms with Crippen LogP contribution in [0.25, 0.3) is 22.2 Å². The van der Waals surface area contributed by atoms with Crippen molar-refractivity contribution >= 4 is 34.1 Å². The summed E-state index contributed by atoms with van der Waals surface area (Å²) in [4.78, 5) is 15.9. The van der Waals surface area contributed by atoms with E-state index in [1.807, 2.05) is 0 Å². The van der Waals surface area contributed by atoms with Gasteiger partial charge < -0.3 is 20.9 Å². The lowest BCUT2D eigenvalue weighted by molar-refractivity contribution is -0.137. The van der Waals surface area contributed by atoms with E-state index < -0.39 is 33.8 Å². The molecule has 2 aromatic heterocycles. The van der Waals surface area contributed by atoms with E-state index in [4.69, 9.17) is 17.3 Å². The van der Waals surface area contributed by atoms with Gasteiger partial charge in [0.05, 0.1) is 28.3 Å². The van der Waals surface area contributed by atoms with Gasteiger partial charge >= 0.3 is 6.18 Å². The summed E-state index contributed by atoms with van der Waals surface area (Å²) in [6, 6.07) is 3.90. The van der Waals surface area contributed by atoms with Crippen molar-refractivity contribution in [3.05, 3.63) is 46.0 Å². The Morgan fingerprint density at radius 1 is 1.21 bits per heavy atom. The first-order valence-electron chi connectivity index (χ1n) is 13.3. The first-order chi connectivity index (χ1) is 18.5. The lowest BCUT2D eigenvalue weighted by Crippen LogP contribution is -2.20. The maximum absolute atomic E-state index is 16.1. The number of benzene rings is 1. The molecule has 3 fully saturated rings. The molecule has 1 aliphatic heterocycles. The van der Waals surface area contributed by atoms with Crippen LogP contribution in [0.1, 0.15) is 74.9 Å². The van der Waals surface area contributed by atoms with Crippen molar-refractivity contribution in [3.63, 3.8) is 0 Å². The Bertz CT molecular complexity index is 1410. The Balaban J connectivity index is 0.000000455. The summed E-state index contributed by atoms with van der Waals surface area (Å²) in [7, 11) is 0. The highest BCUT2D eigenvalue weighted by Gasteiger charge is 2.40. The molecular weight excluding hydrogens is 534 g/mol. The number of hydrogen-bond donors (Lipinski definition) is 3. The molecule has 1 unspecified atom stereocenters. The van der Waals surface area contributed by atoms with Crippen molar-refractivity contribution in [2.75, 3.05) is 18.8 Å². The van der Waals surface area contributed by atoms with E-state index in [0.29, 0.717) is 16.8 Å². The summed E-state index contributed by atoms with van der Waals surface area (Å²) in [5.74, 6) is -0.0949. The Morgan fingerprint density at radius 3 is 2.44 bits per heavy atom. The summed E-state index contributed by atoms with van der Waals surface area (Å²) in [6.45, 7) is 6.33. The van der Waals surface area contributed by atoms with Crippen LogP contribution in [0.15, 0.2) is 18.2 Å². The van der Waals surface area contributed by atoms with Crippen LogP contribution in [-0.4, -0.2) is 28.5 Å². The first kappa shape index (κ1) is 27.7. The van der Waals surface area contributed by atoms with Crippen molar-refractivity contribution < 1.29 is 22.4 Å². The van der Waals surface area contributed by atoms with Crippen molar-refractivity contribution in [1.29, 1.82) is 0 Å². The number of carbonyl (C=O) groups is 1. The highest BCUT2D eigenvalue weighted by molar-refractivity contribution is 6.32. The number of carbonyl (C=O) groups excluding carboxylic acids is 1. The van der Waals surface area contributed by atoms with Gasteiger partial charge in [-0.3, -0.25) is 4.79 Å². The molecule has 6 rings (SSSR count). The smallest absolute Gasteiger partial charge is 0.399 e. The Hall–Kier alpha value is -2.85. The molecule has 3 heterocycles. The van der Waals surface area contributed by atoms with Gasteiger partial charge in [-0.15, -0.1) is 0 Å². The van der Waals surface area contributed by atoms with Gasteiger partial charge in [0.25, 0.3) is 0 Å². The van der Waals surface area contributed by atoms with Crippen LogP contribution in [0.3, 0.4) is 0 Å². The van der Waals surface area contributed by atoms with Crippen LogP contribution < -0.4 is 16.4 Å². The van der Waals surface area contributed by atoms with E-state index in [0.717, 1.165) is 43.7 Å². The fraction of sp³-hybridized carbons (Fsp3) is 0.500. The van der Waals surface area contributed by atoms with Crippen molar-refractivity contribution in [1.82, 2.24) is 20.2 Å². The summed E-state index contributed by atoms with van der Waals surface area (Å²) in [5.41, 5.74) is 5.23. The Kier molecular flexibility index (Phi) is 7.54. The molecule has 6 nitrogen and oxygen atoms in total. The second-order valence-corrected chi connectivity index (χ2v) is 11.3. The molecule has 210 valence electrons. The molecule has 0 radical (unpaired) electrons.